The minimum atomic E-state index is -0.328. The highest BCUT2D eigenvalue weighted by Gasteiger charge is 2.20. The van der Waals surface area contributed by atoms with Crippen molar-refractivity contribution in [2.75, 3.05) is 13.1 Å². The first kappa shape index (κ1) is 12.5. The van der Waals surface area contributed by atoms with Crippen molar-refractivity contribution in [3.8, 4) is 0 Å². The van der Waals surface area contributed by atoms with Crippen LogP contribution in [0, 0.1) is 5.82 Å². The van der Waals surface area contributed by atoms with E-state index in [1.54, 1.807) is 16.6 Å². The molecule has 0 amide bonds. The molecule has 5 nitrogen and oxygen atoms in total. The number of nitrogens with one attached hydrogen (secondary N) is 2. The van der Waals surface area contributed by atoms with Crippen molar-refractivity contribution in [1.29, 1.82) is 0 Å². The summed E-state index contributed by atoms with van der Waals surface area (Å²) in [6.45, 7) is 1.88. The van der Waals surface area contributed by atoms with E-state index in [1.165, 1.54) is 12.1 Å². The summed E-state index contributed by atoms with van der Waals surface area (Å²) >= 11 is 0. The summed E-state index contributed by atoms with van der Waals surface area (Å²) in [6.07, 6.45) is 1.95. The number of benzene rings is 1. The van der Waals surface area contributed by atoms with Gasteiger partial charge >= 0.3 is 0 Å². The summed E-state index contributed by atoms with van der Waals surface area (Å²) < 4.78 is 15.2. The largest absolute Gasteiger partial charge is 0.317 e. The van der Waals surface area contributed by atoms with Crippen molar-refractivity contribution < 1.29 is 4.39 Å². The second-order valence-corrected chi connectivity index (χ2v) is 5.50. The number of piperidine rings is 1. The molecule has 1 saturated heterocycles. The van der Waals surface area contributed by atoms with Gasteiger partial charge in [0.05, 0.1) is 11.2 Å². The second-order valence-electron chi connectivity index (χ2n) is 5.50. The van der Waals surface area contributed by atoms with Crippen LogP contribution in [0.2, 0.25) is 0 Å². The lowest BCUT2D eigenvalue weighted by Gasteiger charge is -2.23. The summed E-state index contributed by atoms with van der Waals surface area (Å²) in [5, 5.41) is 8.49. The van der Waals surface area contributed by atoms with E-state index in [4.69, 9.17) is 0 Å². The molecule has 1 aliphatic rings. The number of nitrogens with zero attached hydrogens (tertiary/aromatic N) is 2. The Morgan fingerprint density at radius 3 is 2.86 bits per heavy atom. The van der Waals surface area contributed by atoms with Gasteiger partial charge in [-0.05, 0) is 44.1 Å². The first-order valence-electron chi connectivity index (χ1n) is 7.14. The molecule has 0 saturated carbocycles. The molecule has 1 aromatic carbocycles. The molecule has 0 radical (unpaired) electrons. The monoisotopic (exact) mass is 286 g/mol. The molecule has 3 heterocycles. The van der Waals surface area contributed by atoms with Gasteiger partial charge in [-0.1, -0.05) is 0 Å². The molecule has 2 aromatic heterocycles. The summed E-state index contributed by atoms with van der Waals surface area (Å²) in [6, 6.07) is 6.06. The van der Waals surface area contributed by atoms with Crippen LogP contribution in [0.4, 0.5) is 4.39 Å². The molecule has 0 unspecified atom stereocenters. The van der Waals surface area contributed by atoms with E-state index in [0.29, 0.717) is 22.5 Å². The first-order valence-corrected chi connectivity index (χ1v) is 7.14. The van der Waals surface area contributed by atoms with E-state index in [0.717, 1.165) is 31.6 Å². The Labute approximate surface area is 119 Å². The van der Waals surface area contributed by atoms with Crippen molar-refractivity contribution in [3.63, 3.8) is 0 Å². The number of hydrogen-bond donors (Lipinski definition) is 2. The van der Waals surface area contributed by atoms with Gasteiger partial charge in [0, 0.05) is 17.4 Å². The minimum absolute atomic E-state index is 0.165. The Balaban J connectivity index is 2.02. The van der Waals surface area contributed by atoms with Gasteiger partial charge < -0.3 is 10.3 Å². The van der Waals surface area contributed by atoms with E-state index >= 15 is 0 Å². The molecule has 3 aromatic rings. The Bertz CT molecular complexity index is 876. The molecule has 0 atom stereocenters. The summed E-state index contributed by atoms with van der Waals surface area (Å²) in [7, 11) is 0. The number of H-pyrrole nitrogens is 1. The van der Waals surface area contributed by atoms with Crippen molar-refractivity contribution in [3.05, 3.63) is 46.1 Å². The number of rotatable bonds is 1. The highest BCUT2D eigenvalue weighted by atomic mass is 19.1. The molecule has 0 aliphatic carbocycles. The van der Waals surface area contributed by atoms with Gasteiger partial charge in [-0.15, -0.1) is 0 Å². The first-order chi connectivity index (χ1) is 10.2. The third-order valence-corrected chi connectivity index (χ3v) is 4.16. The predicted octanol–water partition coefficient (Wildman–Crippen LogP) is 1.78. The van der Waals surface area contributed by atoms with Crippen molar-refractivity contribution in [2.24, 2.45) is 0 Å². The average Bonchev–Trinajstić information content (AvgIpc) is 2.85. The number of hydrogen-bond acceptors (Lipinski definition) is 3. The maximum absolute atomic E-state index is 13.5. The number of aromatic amines is 1. The van der Waals surface area contributed by atoms with Crippen LogP contribution in [0.15, 0.2) is 29.1 Å². The van der Waals surface area contributed by atoms with Crippen molar-refractivity contribution >= 4 is 16.6 Å². The van der Waals surface area contributed by atoms with Gasteiger partial charge in [-0.25, -0.2) is 8.91 Å². The van der Waals surface area contributed by atoms with E-state index in [1.807, 2.05) is 0 Å². The van der Waals surface area contributed by atoms with Crippen LogP contribution >= 0.6 is 0 Å². The number of aromatic nitrogens is 3. The molecule has 0 spiro atoms. The molecular weight excluding hydrogens is 271 g/mol. The van der Waals surface area contributed by atoms with Crippen LogP contribution in [-0.4, -0.2) is 27.7 Å². The Hall–Kier alpha value is -2.21. The van der Waals surface area contributed by atoms with Gasteiger partial charge in [0.2, 0.25) is 0 Å². The average molecular weight is 286 g/mol. The third-order valence-electron chi connectivity index (χ3n) is 4.16. The molecule has 108 valence electrons. The summed E-state index contributed by atoms with van der Waals surface area (Å²) in [5.41, 5.74) is 2.01. The van der Waals surface area contributed by atoms with Crippen LogP contribution < -0.4 is 10.9 Å². The van der Waals surface area contributed by atoms with Crippen molar-refractivity contribution in [1.82, 2.24) is 19.9 Å². The van der Waals surface area contributed by atoms with Crippen LogP contribution in [0.1, 0.15) is 24.5 Å². The highest BCUT2D eigenvalue weighted by molar-refractivity contribution is 5.92. The zero-order valence-electron chi connectivity index (χ0n) is 11.4. The molecule has 6 heteroatoms. The van der Waals surface area contributed by atoms with Crippen LogP contribution in [0.3, 0.4) is 0 Å². The number of fused-ring (bicyclic) bond motifs is 3. The van der Waals surface area contributed by atoms with E-state index in [9.17, 15) is 9.18 Å². The molecule has 21 heavy (non-hydrogen) atoms. The van der Waals surface area contributed by atoms with Crippen LogP contribution in [-0.2, 0) is 0 Å². The quantitative estimate of drug-likeness (QED) is 0.717. The topological polar surface area (TPSA) is 62.2 Å². The van der Waals surface area contributed by atoms with E-state index in [-0.39, 0.29) is 11.4 Å². The maximum Gasteiger partial charge on any atom is 0.251 e. The molecule has 2 N–H and O–H groups in total. The Morgan fingerprint density at radius 2 is 2.05 bits per heavy atom. The zero-order chi connectivity index (χ0) is 14.4. The zero-order valence-corrected chi connectivity index (χ0v) is 11.4. The Kier molecular flexibility index (Phi) is 2.78. The molecule has 1 fully saturated rings. The van der Waals surface area contributed by atoms with E-state index in [2.05, 4.69) is 15.4 Å². The van der Waals surface area contributed by atoms with Gasteiger partial charge in [0.1, 0.15) is 11.5 Å². The predicted molar refractivity (Wildman–Crippen MR) is 78.1 cm³/mol. The standard InChI is InChI=1S/C15H15FN4O/c16-10-1-2-12-11(7-10)15-18-14(21)8-13(20(15)19-12)9-3-5-17-6-4-9/h1-2,7-9,17H,3-6H2,(H,18,21). The molecular formula is C15H15FN4O. The maximum atomic E-state index is 13.5. The Morgan fingerprint density at radius 1 is 1.24 bits per heavy atom. The third kappa shape index (κ3) is 2.03. The second kappa shape index (κ2) is 4.66. The lowest BCUT2D eigenvalue weighted by molar-refractivity contribution is 0.446. The van der Waals surface area contributed by atoms with Gasteiger partial charge in [0.25, 0.3) is 5.56 Å². The SMILES string of the molecule is O=c1cc(C2CCNCC2)n2nc3ccc(F)cc3c2[nH]1. The molecule has 0 bridgehead atoms. The lowest BCUT2D eigenvalue weighted by atomic mass is 9.94. The fourth-order valence-electron chi connectivity index (χ4n) is 3.12. The van der Waals surface area contributed by atoms with Gasteiger partial charge in [0.15, 0.2) is 0 Å². The minimum Gasteiger partial charge on any atom is -0.317 e. The summed E-state index contributed by atoms with van der Waals surface area (Å²) in [5.74, 6) is -0.0271. The number of halogens is 1. The molecule has 1 aliphatic heterocycles. The van der Waals surface area contributed by atoms with Gasteiger partial charge in [-0.2, -0.15) is 5.10 Å². The fraction of sp³-hybridized carbons (Fsp3) is 0.333. The van der Waals surface area contributed by atoms with E-state index < -0.39 is 0 Å². The van der Waals surface area contributed by atoms with Gasteiger partial charge in [-0.3, -0.25) is 4.79 Å². The fourth-order valence-corrected chi connectivity index (χ4v) is 3.12. The highest BCUT2D eigenvalue weighted by Crippen LogP contribution is 2.27. The lowest BCUT2D eigenvalue weighted by Crippen LogP contribution is -2.28. The normalized spacial score (nSPS) is 16.8. The van der Waals surface area contributed by atoms with Crippen LogP contribution in [0.25, 0.3) is 16.6 Å². The van der Waals surface area contributed by atoms with Crippen molar-refractivity contribution in [2.45, 2.75) is 18.8 Å². The smallest absolute Gasteiger partial charge is 0.251 e. The van der Waals surface area contributed by atoms with Crippen LogP contribution in [0.5, 0.6) is 0 Å². The molecule has 4 rings (SSSR count). The summed E-state index contributed by atoms with van der Waals surface area (Å²) in [4.78, 5) is 14.7.